The molecule has 27 heavy (non-hydrogen) atoms. The lowest BCUT2D eigenvalue weighted by molar-refractivity contribution is 0.416. The molecule has 0 bridgehead atoms. The summed E-state index contributed by atoms with van der Waals surface area (Å²) >= 11 is 0. The highest BCUT2D eigenvalue weighted by molar-refractivity contribution is 5.44. The van der Waals surface area contributed by atoms with Crippen LogP contribution in [0.25, 0.3) is 5.65 Å². The van der Waals surface area contributed by atoms with E-state index in [1.54, 1.807) is 30.1 Å². The predicted molar refractivity (Wildman–Crippen MR) is 101 cm³/mol. The van der Waals surface area contributed by atoms with E-state index in [9.17, 15) is 4.79 Å². The summed E-state index contributed by atoms with van der Waals surface area (Å²) in [6.07, 6.45) is 9.03. The minimum Gasteiger partial charge on any atom is -0.350 e. The Hall–Kier alpha value is -3.18. The fourth-order valence-electron chi connectivity index (χ4n) is 3.51. The number of hydrogen-bond donors (Lipinski definition) is 1. The van der Waals surface area contributed by atoms with Gasteiger partial charge in [-0.1, -0.05) is 0 Å². The lowest BCUT2D eigenvalue weighted by atomic mass is 10.1. The summed E-state index contributed by atoms with van der Waals surface area (Å²) in [7, 11) is 1.74. The van der Waals surface area contributed by atoms with Crippen LogP contribution in [0.5, 0.6) is 0 Å². The molecule has 4 rings (SSSR count). The van der Waals surface area contributed by atoms with Crippen LogP contribution in [0, 0.1) is 11.3 Å². The number of rotatable bonds is 4. The number of nitrogens with zero attached hydrogens (tertiary/aromatic N) is 6. The van der Waals surface area contributed by atoms with Crippen LogP contribution in [-0.4, -0.2) is 38.1 Å². The third kappa shape index (κ3) is 3.41. The van der Waals surface area contributed by atoms with Gasteiger partial charge in [-0.25, -0.2) is 9.97 Å². The number of imidazole rings is 1. The number of piperidine rings is 1. The van der Waals surface area contributed by atoms with Crippen LogP contribution in [0.4, 0.5) is 5.82 Å². The van der Waals surface area contributed by atoms with Crippen LogP contribution < -0.4 is 15.8 Å². The topological polar surface area (TPSA) is 91.2 Å². The zero-order valence-electron chi connectivity index (χ0n) is 15.2. The van der Waals surface area contributed by atoms with Crippen molar-refractivity contribution in [2.24, 2.45) is 7.05 Å². The van der Waals surface area contributed by atoms with Crippen LogP contribution in [0.2, 0.25) is 0 Å². The number of aryl methyl sites for hydroxylation is 1. The van der Waals surface area contributed by atoms with E-state index in [4.69, 9.17) is 5.26 Å². The van der Waals surface area contributed by atoms with Gasteiger partial charge in [-0.2, -0.15) is 5.26 Å². The summed E-state index contributed by atoms with van der Waals surface area (Å²) in [6, 6.07) is 6.04. The molecule has 1 saturated heterocycles. The van der Waals surface area contributed by atoms with Gasteiger partial charge in [-0.3, -0.25) is 4.79 Å². The molecule has 0 spiro atoms. The van der Waals surface area contributed by atoms with E-state index < -0.39 is 0 Å². The molecule has 0 amide bonds. The van der Waals surface area contributed by atoms with Gasteiger partial charge in [0.25, 0.3) is 5.56 Å². The third-order valence-electron chi connectivity index (χ3n) is 5.00. The van der Waals surface area contributed by atoms with Crippen LogP contribution in [0.3, 0.4) is 0 Å². The number of fused-ring (bicyclic) bond motifs is 1. The number of aromatic nitrogens is 4. The largest absolute Gasteiger partial charge is 0.350 e. The van der Waals surface area contributed by atoms with Gasteiger partial charge in [0.05, 0.1) is 17.5 Å². The zero-order chi connectivity index (χ0) is 18.8. The average molecular weight is 363 g/mol. The van der Waals surface area contributed by atoms with E-state index in [1.807, 2.05) is 22.9 Å². The molecule has 4 heterocycles. The molecule has 8 heteroatoms. The van der Waals surface area contributed by atoms with Crippen LogP contribution in [0.15, 0.2) is 41.7 Å². The summed E-state index contributed by atoms with van der Waals surface area (Å²) in [5, 5.41) is 12.7. The molecule has 138 valence electrons. The highest BCUT2D eigenvalue weighted by Crippen LogP contribution is 2.15. The Morgan fingerprint density at radius 1 is 1.37 bits per heavy atom. The van der Waals surface area contributed by atoms with E-state index in [-0.39, 0.29) is 11.6 Å². The molecule has 1 atom stereocenters. The summed E-state index contributed by atoms with van der Waals surface area (Å²) in [6.45, 7) is 2.23. The molecule has 1 aliphatic rings. The number of nitriles is 1. The van der Waals surface area contributed by atoms with E-state index in [1.165, 1.54) is 0 Å². The maximum absolute atomic E-state index is 12.3. The summed E-state index contributed by atoms with van der Waals surface area (Å²) in [4.78, 5) is 23.1. The normalized spacial score (nSPS) is 17.2. The second-order valence-electron chi connectivity index (χ2n) is 6.84. The van der Waals surface area contributed by atoms with Gasteiger partial charge in [0.15, 0.2) is 5.82 Å². The Morgan fingerprint density at radius 2 is 2.26 bits per heavy atom. The first kappa shape index (κ1) is 17.2. The number of nitrogens with one attached hydrogen (secondary N) is 1. The Bertz CT molecular complexity index is 1060. The fraction of sp³-hybridized carbons (Fsp3) is 0.368. The molecule has 8 nitrogen and oxygen atoms in total. The van der Waals surface area contributed by atoms with Crippen molar-refractivity contribution in [1.29, 1.82) is 5.26 Å². The van der Waals surface area contributed by atoms with E-state index in [0.29, 0.717) is 17.9 Å². The van der Waals surface area contributed by atoms with Crippen molar-refractivity contribution < 1.29 is 0 Å². The minimum absolute atomic E-state index is 0.0658. The number of pyridine rings is 1. The molecule has 3 aromatic rings. The highest BCUT2D eigenvalue weighted by Gasteiger charge is 2.23. The van der Waals surface area contributed by atoms with Gasteiger partial charge in [-0.15, -0.1) is 0 Å². The van der Waals surface area contributed by atoms with Crippen molar-refractivity contribution in [1.82, 2.24) is 24.3 Å². The molecule has 0 unspecified atom stereocenters. The highest BCUT2D eigenvalue weighted by atomic mass is 16.1. The first-order valence-electron chi connectivity index (χ1n) is 9.02. The summed E-state index contributed by atoms with van der Waals surface area (Å²) in [5.74, 6) is 0.514. The second-order valence-corrected chi connectivity index (χ2v) is 6.84. The number of anilines is 1. The second kappa shape index (κ2) is 7.21. The summed E-state index contributed by atoms with van der Waals surface area (Å²) in [5.41, 5.74) is 2.38. The molecular formula is C19H21N7O. The van der Waals surface area contributed by atoms with Crippen molar-refractivity contribution in [3.05, 3.63) is 58.5 Å². The Morgan fingerprint density at radius 3 is 3.11 bits per heavy atom. The molecular weight excluding hydrogens is 342 g/mol. The lowest BCUT2D eigenvalue weighted by Gasteiger charge is -2.33. The number of hydrogen-bond acceptors (Lipinski definition) is 6. The Kier molecular flexibility index (Phi) is 4.60. The van der Waals surface area contributed by atoms with Gasteiger partial charge in [0, 0.05) is 51.3 Å². The van der Waals surface area contributed by atoms with E-state index in [0.717, 1.165) is 37.3 Å². The molecule has 0 saturated carbocycles. The van der Waals surface area contributed by atoms with Gasteiger partial charge < -0.3 is 19.2 Å². The minimum atomic E-state index is -0.0658. The van der Waals surface area contributed by atoms with Crippen molar-refractivity contribution in [2.75, 3.05) is 18.0 Å². The van der Waals surface area contributed by atoms with E-state index in [2.05, 4.69) is 26.3 Å². The Labute approximate surface area is 156 Å². The van der Waals surface area contributed by atoms with Gasteiger partial charge >= 0.3 is 0 Å². The standard InChI is InChI=1S/C19H21N7O/c1-24-8-6-21-18(19(24)27)25-7-2-3-15(13-25)22-10-16-11-23-17-5-4-14(9-20)12-26(16)17/h4-6,8,11-12,15,22H,2-3,7,10,13H2,1H3/t15-/m0/s1. The summed E-state index contributed by atoms with van der Waals surface area (Å²) < 4.78 is 3.51. The quantitative estimate of drug-likeness (QED) is 0.745. The fourth-order valence-corrected chi connectivity index (χ4v) is 3.51. The monoisotopic (exact) mass is 363 g/mol. The average Bonchev–Trinajstić information content (AvgIpc) is 3.11. The first-order valence-corrected chi connectivity index (χ1v) is 9.02. The van der Waals surface area contributed by atoms with Crippen molar-refractivity contribution in [3.8, 4) is 6.07 Å². The maximum Gasteiger partial charge on any atom is 0.293 e. The molecule has 0 aliphatic carbocycles. The SMILES string of the molecule is Cn1ccnc(N2CCC[C@H](NCc3cnc4ccc(C#N)cn34)C2)c1=O. The molecule has 0 aromatic carbocycles. The Balaban J connectivity index is 1.47. The predicted octanol–water partition coefficient (Wildman–Crippen LogP) is 1.06. The first-order chi connectivity index (χ1) is 13.2. The zero-order valence-corrected chi connectivity index (χ0v) is 15.2. The van der Waals surface area contributed by atoms with Gasteiger partial charge in [0.2, 0.25) is 0 Å². The van der Waals surface area contributed by atoms with Crippen molar-refractivity contribution in [3.63, 3.8) is 0 Å². The van der Waals surface area contributed by atoms with Gasteiger partial charge in [-0.05, 0) is 25.0 Å². The smallest absolute Gasteiger partial charge is 0.293 e. The molecule has 0 radical (unpaired) electrons. The van der Waals surface area contributed by atoms with Crippen LogP contribution in [0.1, 0.15) is 24.1 Å². The third-order valence-corrected chi connectivity index (χ3v) is 5.00. The molecule has 1 N–H and O–H groups in total. The van der Waals surface area contributed by atoms with Crippen LogP contribution >= 0.6 is 0 Å². The maximum atomic E-state index is 12.3. The molecule has 1 aliphatic heterocycles. The molecule has 1 fully saturated rings. The lowest BCUT2D eigenvalue weighted by Crippen LogP contribution is -2.47. The van der Waals surface area contributed by atoms with Crippen molar-refractivity contribution in [2.45, 2.75) is 25.4 Å². The van der Waals surface area contributed by atoms with Crippen molar-refractivity contribution >= 4 is 11.5 Å². The molecule has 3 aromatic heterocycles. The van der Waals surface area contributed by atoms with Crippen LogP contribution in [-0.2, 0) is 13.6 Å². The van der Waals surface area contributed by atoms with Gasteiger partial charge in [0.1, 0.15) is 11.7 Å². The van der Waals surface area contributed by atoms with E-state index >= 15 is 0 Å².